The third kappa shape index (κ3) is 7.82. The van der Waals surface area contributed by atoms with Gasteiger partial charge >= 0.3 is 5.97 Å². The van der Waals surface area contributed by atoms with Crippen molar-refractivity contribution in [2.24, 2.45) is 0 Å². The van der Waals surface area contributed by atoms with Gasteiger partial charge in [-0.3, -0.25) is 4.98 Å². The lowest BCUT2D eigenvalue weighted by atomic mass is 10.0. The summed E-state index contributed by atoms with van der Waals surface area (Å²) >= 11 is 0. The van der Waals surface area contributed by atoms with Crippen LogP contribution in [0.15, 0.2) is 66.9 Å². The zero-order chi connectivity index (χ0) is 22.8. The Labute approximate surface area is 200 Å². The van der Waals surface area contributed by atoms with E-state index in [0.717, 1.165) is 28.3 Å². The molecular weight excluding hydrogens is 442 g/mol. The molecule has 1 N–H and O–H groups in total. The van der Waals surface area contributed by atoms with Gasteiger partial charge in [0.2, 0.25) is 0 Å². The van der Waals surface area contributed by atoms with E-state index in [2.05, 4.69) is 18.7 Å². The molecule has 0 saturated heterocycles. The normalized spacial score (nSPS) is 10.6. The van der Waals surface area contributed by atoms with E-state index in [9.17, 15) is 4.79 Å². The summed E-state index contributed by atoms with van der Waals surface area (Å²) in [6.45, 7) is 5.58. The topological polar surface area (TPSA) is 84.8 Å². The number of nitrogens with zero attached hydrogens (tertiary/aromatic N) is 3. The number of halogens is 1. The zero-order valence-electron chi connectivity index (χ0n) is 18.9. The van der Waals surface area contributed by atoms with Crippen LogP contribution in [-0.4, -0.2) is 60.1 Å². The lowest BCUT2D eigenvalue weighted by Gasteiger charge is -2.28. The summed E-state index contributed by atoms with van der Waals surface area (Å²) in [6.07, 6.45) is 1.81. The minimum Gasteiger partial charge on any atom is -0.480 e. The molecule has 7 nitrogen and oxygen atoms in total. The number of aliphatic carboxylic acids is 1. The number of hydrogen-bond acceptors (Lipinski definition) is 6. The Kier molecular flexibility index (Phi) is 10.8. The summed E-state index contributed by atoms with van der Waals surface area (Å²) < 4.78 is 10.6. The predicted molar refractivity (Wildman–Crippen MR) is 132 cm³/mol. The SMILES string of the molecule is CC(C)N(CCOCCOCC(=O)O)c1cnc(-c2ccccc2)c(-c2ccccc2)n1.Cl. The highest BCUT2D eigenvalue weighted by molar-refractivity contribution is 5.85. The number of carboxylic acid groups (broad SMARTS) is 1. The van der Waals surface area contributed by atoms with E-state index in [0.29, 0.717) is 19.8 Å². The number of carboxylic acids is 1. The summed E-state index contributed by atoms with van der Waals surface area (Å²) in [7, 11) is 0. The molecule has 3 rings (SSSR count). The first-order chi connectivity index (χ1) is 15.6. The number of carbonyl (C=O) groups is 1. The van der Waals surface area contributed by atoms with Crippen LogP contribution in [0.25, 0.3) is 22.5 Å². The van der Waals surface area contributed by atoms with E-state index >= 15 is 0 Å². The molecule has 0 unspecified atom stereocenters. The van der Waals surface area contributed by atoms with Crippen molar-refractivity contribution in [1.29, 1.82) is 0 Å². The first-order valence-electron chi connectivity index (χ1n) is 10.7. The Balaban J connectivity index is 0.00000385. The van der Waals surface area contributed by atoms with Crippen LogP contribution in [0.5, 0.6) is 0 Å². The molecule has 0 aliphatic carbocycles. The van der Waals surface area contributed by atoms with E-state index in [1.807, 2.05) is 66.9 Å². The molecule has 0 fully saturated rings. The fraction of sp³-hybridized carbons (Fsp3) is 0.320. The van der Waals surface area contributed by atoms with Gasteiger partial charge in [-0.25, -0.2) is 9.78 Å². The second kappa shape index (κ2) is 13.5. The summed E-state index contributed by atoms with van der Waals surface area (Å²) in [5.41, 5.74) is 3.71. The number of hydrogen-bond donors (Lipinski definition) is 1. The minimum atomic E-state index is -0.984. The van der Waals surface area contributed by atoms with Crippen LogP contribution in [0.4, 0.5) is 5.82 Å². The van der Waals surface area contributed by atoms with E-state index < -0.39 is 5.97 Å². The van der Waals surface area contributed by atoms with Crippen LogP contribution >= 0.6 is 12.4 Å². The molecule has 0 saturated carbocycles. The van der Waals surface area contributed by atoms with Gasteiger partial charge in [0.1, 0.15) is 12.4 Å². The Morgan fingerprint density at radius 2 is 1.48 bits per heavy atom. The summed E-state index contributed by atoms with van der Waals surface area (Å²) in [5, 5.41) is 8.59. The van der Waals surface area contributed by atoms with Crippen molar-refractivity contribution in [2.75, 3.05) is 37.9 Å². The third-order valence-corrected chi connectivity index (χ3v) is 4.85. The summed E-state index contributed by atoms with van der Waals surface area (Å²) in [5.74, 6) is -0.202. The molecule has 2 aromatic carbocycles. The van der Waals surface area contributed by atoms with E-state index in [1.165, 1.54) is 0 Å². The zero-order valence-corrected chi connectivity index (χ0v) is 19.7. The van der Waals surface area contributed by atoms with Crippen LogP contribution in [0.3, 0.4) is 0 Å². The molecule has 1 heterocycles. The number of benzene rings is 2. The molecule has 0 aliphatic rings. The predicted octanol–water partition coefficient (Wildman–Crippen LogP) is 4.57. The Morgan fingerprint density at radius 1 is 0.909 bits per heavy atom. The molecule has 0 radical (unpaired) electrons. The average Bonchev–Trinajstić information content (AvgIpc) is 2.81. The molecule has 8 heteroatoms. The molecule has 33 heavy (non-hydrogen) atoms. The molecule has 0 bridgehead atoms. The molecule has 0 atom stereocenters. The van der Waals surface area contributed by atoms with Gasteiger partial charge in [0.15, 0.2) is 0 Å². The maximum atomic E-state index is 10.5. The van der Waals surface area contributed by atoms with Crippen molar-refractivity contribution in [3.05, 3.63) is 66.9 Å². The standard InChI is InChI=1S/C25H29N3O4.ClH/c1-19(2)28(13-14-31-15-16-32-18-23(29)30)22-17-26-24(20-9-5-3-6-10-20)25(27-22)21-11-7-4-8-12-21;/h3-12,17,19H,13-16,18H2,1-2H3,(H,29,30);1H. The summed E-state index contributed by atoms with van der Waals surface area (Å²) in [4.78, 5) is 22.4. The van der Waals surface area contributed by atoms with Crippen molar-refractivity contribution < 1.29 is 19.4 Å². The van der Waals surface area contributed by atoms with Gasteiger partial charge in [0.05, 0.1) is 37.4 Å². The number of aromatic nitrogens is 2. The molecule has 0 amide bonds. The lowest BCUT2D eigenvalue weighted by molar-refractivity contribution is -0.142. The van der Waals surface area contributed by atoms with Crippen LogP contribution in [-0.2, 0) is 14.3 Å². The summed E-state index contributed by atoms with van der Waals surface area (Å²) in [6, 6.07) is 20.3. The van der Waals surface area contributed by atoms with Gasteiger partial charge in [0.25, 0.3) is 0 Å². The van der Waals surface area contributed by atoms with Gasteiger partial charge in [-0.2, -0.15) is 0 Å². The Bertz CT molecular complexity index is 987. The second-order valence-corrected chi connectivity index (χ2v) is 7.50. The highest BCUT2D eigenvalue weighted by atomic mass is 35.5. The van der Waals surface area contributed by atoms with Crippen molar-refractivity contribution >= 4 is 24.2 Å². The fourth-order valence-corrected chi connectivity index (χ4v) is 3.30. The van der Waals surface area contributed by atoms with Crippen LogP contribution in [0.1, 0.15) is 13.8 Å². The highest BCUT2D eigenvalue weighted by Crippen LogP contribution is 2.30. The monoisotopic (exact) mass is 471 g/mol. The maximum absolute atomic E-state index is 10.5. The van der Waals surface area contributed by atoms with Crippen molar-refractivity contribution in [3.8, 4) is 22.5 Å². The first-order valence-corrected chi connectivity index (χ1v) is 10.7. The molecular formula is C25H30ClN3O4. The molecule has 0 aliphatic heterocycles. The van der Waals surface area contributed by atoms with Crippen LogP contribution in [0.2, 0.25) is 0 Å². The van der Waals surface area contributed by atoms with Crippen LogP contribution < -0.4 is 4.90 Å². The number of ether oxygens (including phenoxy) is 2. The number of anilines is 1. The molecule has 3 aromatic rings. The molecule has 176 valence electrons. The quantitative estimate of drug-likeness (QED) is 0.387. The van der Waals surface area contributed by atoms with E-state index in [4.69, 9.17) is 24.5 Å². The van der Waals surface area contributed by atoms with Gasteiger partial charge in [-0.1, -0.05) is 60.7 Å². The highest BCUT2D eigenvalue weighted by Gasteiger charge is 2.17. The largest absolute Gasteiger partial charge is 0.480 e. The van der Waals surface area contributed by atoms with Gasteiger partial charge in [-0.15, -0.1) is 12.4 Å². The van der Waals surface area contributed by atoms with Crippen molar-refractivity contribution in [3.63, 3.8) is 0 Å². The average molecular weight is 472 g/mol. The Morgan fingerprint density at radius 3 is 2.06 bits per heavy atom. The maximum Gasteiger partial charge on any atom is 0.329 e. The Hall–Kier alpha value is -3.00. The van der Waals surface area contributed by atoms with Crippen molar-refractivity contribution in [2.45, 2.75) is 19.9 Å². The van der Waals surface area contributed by atoms with Crippen molar-refractivity contribution in [1.82, 2.24) is 9.97 Å². The van der Waals surface area contributed by atoms with E-state index in [1.54, 1.807) is 0 Å². The van der Waals surface area contributed by atoms with Crippen LogP contribution in [0, 0.1) is 0 Å². The molecule has 1 aromatic heterocycles. The second-order valence-electron chi connectivity index (χ2n) is 7.50. The fourth-order valence-electron chi connectivity index (χ4n) is 3.30. The van der Waals surface area contributed by atoms with Gasteiger partial charge in [-0.05, 0) is 13.8 Å². The first kappa shape index (κ1) is 26.3. The van der Waals surface area contributed by atoms with E-state index in [-0.39, 0.29) is 31.7 Å². The third-order valence-electron chi connectivity index (χ3n) is 4.85. The molecule has 0 spiro atoms. The van der Waals surface area contributed by atoms with Gasteiger partial charge < -0.3 is 19.5 Å². The smallest absolute Gasteiger partial charge is 0.329 e. The van der Waals surface area contributed by atoms with Gasteiger partial charge in [0, 0.05) is 23.7 Å². The lowest BCUT2D eigenvalue weighted by Crippen LogP contribution is -2.35. The minimum absolute atomic E-state index is 0. The number of rotatable bonds is 12.